The van der Waals surface area contributed by atoms with Crippen LogP contribution in [0.15, 0.2) is 0 Å². The standard InChI is InChI=1S/C8H12N2O3/c11-7-6-1-2-10(8(12)13)4-5(6)3-9-7/h5-6H,1-4H2,(H,9,11)(H,12,13)/t5?,6-/m0/s1. The second-order valence-electron chi connectivity index (χ2n) is 3.63. The number of carbonyl (C=O) groups excluding carboxylic acids is 1. The maximum atomic E-state index is 11.2. The molecule has 1 unspecified atom stereocenters. The van der Waals surface area contributed by atoms with Gasteiger partial charge in [-0.1, -0.05) is 0 Å². The third kappa shape index (κ3) is 1.34. The molecule has 0 spiro atoms. The molecular weight excluding hydrogens is 172 g/mol. The molecule has 2 heterocycles. The smallest absolute Gasteiger partial charge is 0.407 e. The monoisotopic (exact) mass is 184 g/mol. The molecule has 2 aliphatic rings. The Hall–Kier alpha value is -1.26. The molecule has 2 N–H and O–H groups in total. The van der Waals surface area contributed by atoms with Crippen molar-refractivity contribution in [2.75, 3.05) is 19.6 Å². The minimum Gasteiger partial charge on any atom is -0.465 e. The van der Waals surface area contributed by atoms with Gasteiger partial charge in [-0.25, -0.2) is 4.79 Å². The number of carbonyl (C=O) groups is 2. The van der Waals surface area contributed by atoms with Crippen LogP contribution in [0.2, 0.25) is 0 Å². The number of likely N-dealkylation sites (tertiary alicyclic amines) is 1. The first kappa shape index (κ1) is 8.34. The van der Waals surface area contributed by atoms with Crippen molar-refractivity contribution in [1.29, 1.82) is 0 Å². The highest BCUT2D eigenvalue weighted by Gasteiger charge is 2.39. The van der Waals surface area contributed by atoms with Gasteiger partial charge in [0.25, 0.3) is 0 Å². The summed E-state index contributed by atoms with van der Waals surface area (Å²) in [5, 5.41) is 11.5. The predicted molar refractivity (Wildman–Crippen MR) is 44.2 cm³/mol. The number of rotatable bonds is 0. The van der Waals surface area contributed by atoms with Gasteiger partial charge in [0, 0.05) is 31.5 Å². The lowest BCUT2D eigenvalue weighted by molar-refractivity contribution is -0.123. The summed E-state index contributed by atoms with van der Waals surface area (Å²) in [4.78, 5) is 23.2. The minimum absolute atomic E-state index is 0.0515. The van der Waals surface area contributed by atoms with Crippen LogP contribution in [0.1, 0.15) is 6.42 Å². The normalized spacial score (nSPS) is 32.6. The van der Waals surface area contributed by atoms with Crippen LogP contribution in [-0.4, -0.2) is 41.6 Å². The van der Waals surface area contributed by atoms with Crippen molar-refractivity contribution >= 4 is 12.0 Å². The van der Waals surface area contributed by atoms with E-state index in [1.165, 1.54) is 4.90 Å². The van der Waals surface area contributed by atoms with E-state index in [1.807, 2.05) is 0 Å². The first-order chi connectivity index (χ1) is 6.18. The molecule has 5 nitrogen and oxygen atoms in total. The van der Waals surface area contributed by atoms with Crippen LogP contribution in [0.5, 0.6) is 0 Å². The number of carboxylic acid groups (broad SMARTS) is 1. The molecule has 0 aromatic rings. The molecule has 2 fully saturated rings. The van der Waals surface area contributed by atoms with Gasteiger partial charge in [-0.15, -0.1) is 0 Å². The summed E-state index contributed by atoms with van der Waals surface area (Å²) in [7, 11) is 0. The molecule has 13 heavy (non-hydrogen) atoms. The first-order valence-electron chi connectivity index (χ1n) is 4.44. The van der Waals surface area contributed by atoms with Gasteiger partial charge < -0.3 is 15.3 Å². The zero-order valence-corrected chi connectivity index (χ0v) is 7.19. The molecule has 0 aromatic carbocycles. The van der Waals surface area contributed by atoms with Gasteiger partial charge in [0.15, 0.2) is 0 Å². The molecule has 0 radical (unpaired) electrons. The van der Waals surface area contributed by atoms with Crippen LogP contribution in [0.3, 0.4) is 0 Å². The van der Waals surface area contributed by atoms with E-state index < -0.39 is 6.09 Å². The van der Waals surface area contributed by atoms with Crippen LogP contribution in [0, 0.1) is 11.8 Å². The summed E-state index contributed by atoms with van der Waals surface area (Å²) in [6, 6.07) is 0. The molecular formula is C8H12N2O3. The van der Waals surface area contributed by atoms with E-state index in [9.17, 15) is 9.59 Å². The average molecular weight is 184 g/mol. The first-order valence-corrected chi connectivity index (χ1v) is 4.44. The van der Waals surface area contributed by atoms with E-state index >= 15 is 0 Å². The van der Waals surface area contributed by atoms with E-state index in [0.29, 0.717) is 26.1 Å². The fourth-order valence-electron chi connectivity index (χ4n) is 2.12. The highest BCUT2D eigenvalue weighted by molar-refractivity contribution is 5.81. The van der Waals surface area contributed by atoms with E-state index in [1.54, 1.807) is 0 Å². The van der Waals surface area contributed by atoms with Crippen LogP contribution in [-0.2, 0) is 4.79 Å². The molecule has 0 bridgehead atoms. The van der Waals surface area contributed by atoms with Crippen LogP contribution in [0.25, 0.3) is 0 Å². The van der Waals surface area contributed by atoms with Crippen LogP contribution < -0.4 is 5.32 Å². The number of fused-ring (bicyclic) bond motifs is 1. The molecule has 72 valence electrons. The van der Waals surface area contributed by atoms with Crippen molar-refractivity contribution in [3.63, 3.8) is 0 Å². The van der Waals surface area contributed by atoms with Crippen molar-refractivity contribution in [1.82, 2.24) is 10.2 Å². The summed E-state index contributed by atoms with van der Waals surface area (Å²) < 4.78 is 0. The minimum atomic E-state index is -0.877. The fraction of sp³-hybridized carbons (Fsp3) is 0.750. The topological polar surface area (TPSA) is 69.6 Å². The molecule has 2 rings (SSSR count). The van der Waals surface area contributed by atoms with Gasteiger partial charge in [-0.05, 0) is 6.42 Å². The van der Waals surface area contributed by atoms with Gasteiger partial charge in [0.05, 0.1) is 0 Å². The Bertz CT molecular complexity index is 254. The van der Waals surface area contributed by atoms with Gasteiger partial charge >= 0.3 is 6.09 Å². The lowest BCUT2D eigenvalue weighted by atomic mass is 9.88. The van der Waals surface area contributed by atoms with Crippen LogP contribution in [0.4, 0.5) is 4.79 Å². The Morgan fingerprint density at radius 3 is 3.08 bits per heavy atom. The fourth-order valence-corrected chi connectivity index (χ4v) is 2.12. The number of hydrogen-bond donors (Lipinski definition) is 2. The van der Waals surface area contributed by atoms with Gasteiger partial charge in [0.1, 0.15) is 0 Å². The second-order valence-corrected chi connectivity index (χ2v) is 3.63. The Morgan fingerprint density at radius 2 is 2.38 bits per heavy atom. The van der Waals surface area contributed by atoms with E-state index in [-0.39, 0.29) is 17.7 Å². The van der Waals surface area contributed by atoms with Gasteiger partial charge in [-0.2, -0.15) is 0 Å². The molecule has 0 aromatic heterocycles. The number of nitrogens with one attached hydrogen (secondary N) is 1. The third-order valence-electron chi connectivity index (χ3n) is 2.88. The Labute approximate surface area is 75.7 Å². The number of nitrogens with zero attached hydrogens (tertiary/aromatic N) is 1. The maximum absolute atomic E-state index is 11.2. The number of hydrogen-bond acceptors (Lipinski definition) is 2. The van der Waals surface area contributed by atoms with E-state index in [2.05, 4.69) is 5.32 Å². The van der Waals surface area contributed by atoms with Gasteiger partial charge in [-0.3, -0.25) is 4.79 Å². The summed E-state index contributed by atoms with van der Waals surface area (Å²) in [6.45, 7) is 1.62. The third-order valence-corrected chi connectivity index (χ3v) is 2.88. The Morgan fingerprint density at radius 1 is 1.62 bits per heavy atom. The second kappa shape index (κ2) is 2.90. The lowest BCUT2D eigenvalue weighted by Crippen LogP contribution is -2.43. The Balaban J connectivity index is 2.03. The zero-order valence-electron chi connectivity index (χ0n) is 7.19. The average Bonchev–Trinajstić information content (AvgIpc) is 2.47. The van der Waals surface area contributed by atoms with Crippen LogP contribution >= 0.6 is 0 Å². The maximum Gasteiger partial charge on any atom is 0.407 e. The lowest BCUT2D eigenvalue weighted by Gasteiger charge is -2.31. The molecule has 0 aliphatic carbocycles. The molecule has 2 saturated heterocycles. The van der Waals surface area contributed by atoms with E-state index in [0.717, 1.165) is 0 Å². The summed E-state index contributed by atoms with van der Waals surface area (Å²) in [6.07, 6.45) is -0.208. The number of amides is 2. The van der Waals surface area contributed by atoms with Crippen molar-refractivity contribution in [2.24, 2.45) is 11.8 Å². The van der Waals surface area contributed by atoms with Crippen molar-refractivity contribution in [3.8, 4) is 0 Å². The van der Waals surface area contributed by atoms with Crippen molar-refractivity contribution in [2.45, 2.75) is 6.42 Å². The SMILES string of the molecule is O=C1NCC2CN(C(=O)O)CC[C@H]12. The molecule has 2 amide bonds. The molecule has 2 aliphatic heterocycles. The van der Waals surface area contributed by atoms with Crippen molar-refractivity contribution < 1.29 is 14.7 Å². The largest absolute Gasteiger partial charge is 0.465 e. The van der Waals surface area contributed by atoms with E-state index in [4.69, 9.17) is 5.11 Å². The highest BCUT2D eigenvalue weighted by atomic mass is 16.4. The predicted octanol–water partition coefficient (Wildman–Crippen LogP) is -0.268. The molecule has 5 heteroatoms. The zero-order chi connectivity index (χ0) is 9.42. The molecule has 2 atom stereocenters. The highest BCUT2D eigenvalue weighted by Crippen LogP contribution is 2.27. The summed E-state index contributed by atoms with van der Waals surface area (Å²) in [5.74, 6) is 0.336. The summed E-state index contributed by atoms with van der Waals surface area (Å²) >= 11 is 0. The number of piperidine rings is 1. The van der Waals surface area contributed by atoms with Gasteiger partial charge in [0.2, 0.25) is 5.91 Å². The summed E-state index contributed by atoms with van der Waals surface area (Å²) in [5.41, 5.74) is 0. The van der Waals surface area contributed by atoms with Crippen molar-refractivity contribution in [3.05, 3.63) is 0 Å². The Kier molecular flexibility index (Phi) is 1.86. The quantitative estimate of drug-likeness (QED) is 0.544. The molecule has 0 saturated carbocycles.